The van der Waals surface area contributed by atoms with Gasteiger partial charge < -0.3 is 15.1 Å². The van der Waals surface area contributed by atoms with Crippen LogP contribution in [0.3, 0.4) is 0 Å². The molecule has 0 radical (unpaired) electrons. The molecule has 1 aliphatic heterocycles. The molecule has 0 saturated heterocycles. The molecule has 1 aliphatic rings. The van der Waals surface area contributed by atoms with Crippen molar-refractivity contribution >= 4 is 33.4 Å². The summed E-state index contributed by atoms with van der Waals surface area (Å²) in [6.07, 6.45) is 7.61. The summed E-state index contributed by atoms with van der Waals surface area (Å²) in [7, 11) is 2.21. The van der Waals surface area contributed by atoms with Crippen molar-refractivity contribution < 1.29 is 19.8 Å². The first-order chi connectivity index (χ1) is 16.9. The molecule has 5 rings (SSSR count). The maximum Gasteiger partial charge on any atom is 0.328 e. The number of hydrogen-bond donors (Lipinski definition) is 2. The van der Waals surface area contributed by atoms with Gasteiger partial charge >= 0.3 is 11.9 Å². The molecule has 0 aliphatic carbocycles. The van der Waals surface area contributed by atoms with E-state index in [9.17, 15) is 9.59 Å². The van der Waals surface area contributed by atoms with Crippen molar-refractivity contribution in [2.75, 3.05) is 13.6 Å². The van der Waals surface area contributed by atoms with Crippen LogP contribution in [0.15, 0.2) is 78.7 Å². The Morgan fingerprint density at radius 2 is 1.74 bits per heavy atom. The Morgan fingerprint density at radius 1 is 1.00 bits per heavy atom. The maximum absolute atomic E-state index is 9.55. The zero-order valence-electron chi connectivity index (χ0n) is 19.2. The standard InChI is InChI=1S/C23H21N3S.C4H4O4/c1-26-8-6-22(17-3-5-23-18(11-17)7-9-27-23)21-4-2-16(10-19(21)14-26)20-12-24-15-25-13-20;5-3(6)1-2-4(7)8/h2-5,7,9-13,15,22H,6,8,14H2,1H3;1-2H,(H,5,6)(H,7,8). The van der Waals surface area contributed by atoms with Gasteiger partial charge in [0.25, 0.3) is 0 Å². The number of rotatable bonds is 4. The van der Waals surface area contributed by atoms with E-state index in [1.807, 2.05) is 23.7 Å². The predicted molar refractivity (Wildman–Crippen MR) is 136 cm³/mol. The van der Waals surface area contributed by atoms with Gasteiger partial charge in [0.2, 0.25) is 0 Å². The molecule has 8 heteroatoms. The largest absolute Gasteiger partial charge is 0.478 e. The fraction of sp³-hybridized carbons (Fsp3) is 0.185. The van der Waals surface area contributed by atoms with E-state index in [1.165, 1.54) is 32.3 Å². The lowest BCUT2D eigenvalue weighted by atomic mass is 9.85. The van der Waals surface area contributed by atoms with Crippen molar-refractivity contribution in [3.63, 3.8) is 0 Å². The minimum absolute atomic E-state index is 0.440. The monoisotopic (exact) mass is 487 g/mol. The van der Waals surface area contributed by atoms with Crippen molar-refractivity contribution in [2.45, 2.75) is 18.9 Å². The Bertz CT molecular complexity index is 1350. The van der Waals surface area contributed by atoms with Crippen molar-refractivity contribution in [3.05, 3.63) is 95.4 Å². The van der Waals surface area contributed by atoms with Crippen molar-refractivity contribution in [2.24, 2.45) is 0 Å². The highest BCUT2D eigenvalue weighted by Gasteiger charge is 2.23. The zero-order chi connectivity index (χ0) is 24.8. The van der Waals surface area contributed by atoms with Crippen LogP contribution in [0.1, 0.15) is 29.0 Å². The van der Waals surface area contributed by atoms with Gasteiger partial charge in [-0.1, -0.05) is 18.2 Å². The summed E-state index contributed by atoms with van der Waals surface area (Å²) in [5.74, 6) is -2.07. The number of carboxylic acids is 2. The summed E-state index contributed by atoms with van der Waals surface area (Å²) in [4.78, 5) is 29.9. The van der Waals surface area contributed by atoms with Crippen LogP contribution in [0.5, 0.6) is 0 Å². The third-order valence-corrected chi connectivity index (χ3v) is 6.80. The first-order valence-electron chi connectivity index (χ1n) is 11.1. The molecule has 2 aromatic carbocycles. The van der Waals surface area contributed by atoms with Crippen LogP contribution in [0, 0.1) is 0 Å². The summed E-state index contributed by atoms with van der Waals surface area (Å²) in [6.45, 7) is 2.08. The second-order valence-electron chi connectivity index (χ2n) is 8.35. The number of carboxylic acid groups (broad SMARTS) is 2. The molecule has 2 aromatic heterocycles. The number of aliphatic carboxylic acids is 2. The molecule has 1 atom stereocenters. The molecule has 4 aromatic rings. The molecule has 0 bridgehead atoms. The van der Waals surface area contributed by atoms with E-state index in [2.05, 4.69) is 69.8 Å². The van der Waals surface area contributed by atoms with Gasteiger partial charge in [0, 0.05) is 47.3 Å². The molecule has 0 spiro atoms. The number of carbonyl (C=O) groups is 2. The van der Waals surface area contributed by atoms with E-state index in [-0.39, 0.29) is 0 Å². The van der Waals surface area contributed by atoms with Crippen molar-refractivity contribution in [1.82, 2.24) is 14.9 Å². The molecule has 35 heavy (non-hydrogen) atoms. The predicted octanol–water partition coefficient (Wildman–Crippen LogP) is 5.04. The highest BCUT2D eigenvalue weighted by Crippen LogP contribution is 2.37. The maximum atomic E-state index is 9.55. The molecular weight excluding hydrogens is 462 g/mol. The molecule has 0 saturated carbocycles. The fourth-order valence-electron chi connectivity index (χ4n) is 4.28. The van der Waals surface area contributed by atoms with E-state index in [1.54, 1.807) is 6.33 Å². The summed E-state index contributed by atoms with van der Waals surface area (Å²) >= 11 is 1.81. The summed E-state index contributed by atoms with van der Waals surface area (Å²) in [5.41, 5.74) is 6.55. The Labute approximate surface area is 207 Å². The van der Waals surface area contributed by atoms with Gasteiger partial charge in [0.15, 0.2) is 0 Å². The first-order valence-corrected chi connectivity index (χ1v) is 12.0. The Kier molecular flexibility index (Phi) is 7.64. The molecule has 1 unspecified atom stereocenters. The Morgan fingerprint density at radius 3 is 2.46 bits per heavy atom. The SMILES string of the molecule is CN1CCC(c2ccc3sccc3c2)c2ccc(-c3cncnc3)cc2C1.O=C(O)C=CC(=O)O. The quantitative estimate of drug-likeness (QED) is 0.389. The van der Waals surface area contributed by atoms with E-state index < -0.39 is 11.9 Å². The minimum atomic E-state index is -1.26. The average molecular weight is 488 g/mol. The van der Waals surface area contributed by atoms with Crippen molar-refractivity contribution in [3.8, 4) is 11.1 Å². The summed E-state index contributed by atoms with van der Waals surface area (Å²) in [5, 5.41) is 19.2. The highest BCUT2D eigenvalue weighted by atomic mass is 32.1. The molecule has 2 N–H and O–H groups in total. The Hall–Kier alpha value is -3.88. The zero-order valence-corrected chi connectivity index (χ0v) is 20.0. The smallest absolute Gasteiger partial charge is 0.328 e. The van der Waals surface area contributed by atoms with Gasteiger partial charge in [-0.2, -0.15) is 0 Å². The molecule has 3 heterocycles. The van der Waals surface area contributed by atoms with E-state index in [0.717, 1.165) is 25.1 Å². The lowest BCUT2D eigenvalue weighted by Crippen LogP contribution is -2.17. The Balaban J connectivity index is 0.000000314. The second kappa shape index (κ2) is 11.0. The minimum Gasteiger partial charge on any atom is -0.478 e. The van der Waals surface area contributed by atoms with Gasteiger partial charge in [-0.15, -0.1) is 11.3 Å². The summed E-state index contributed by atoms with van der Waals surface area (Å²) < 4.78 is 1.36. The second-order valence-corrected chi connectivity index (χ2v) is 9.30. The normalized spacial score (nSPS) is 15.7. The first kappa shape index (κ1) is 24.3. The highest BCUT2D eigenvalue weighted by molar-refractivity contribution is 7.17. The molecular formula is C27H25N3O4S. The number of fused-ring (bicyclic) bond motifs is 2. The van der Waals surface area contributed by atoms with Gasteiger partial charge in [0.05, 0.1) is 0 Å². The number of nitrogens with zero attached hydrogens (tertiary/aromatic N) is 3. The van der Waals surface area contributed by atoms with Gasteiger partial charge in [-0.25, -0.2) is 19.6 Å². The molecule has 0 fully saturated rings. The van der Waals surface area contributed by atoms with Crippen molar-refractivity contribution in [1.29, 1.82) is 0 Å². The van der Waals surface area contributed by atoms with Crippen LogP contribution >= 0.6 is 11.3 Å². The van der Waals surface area contributed by atoms with E-state index >= 15 is 0 Å². The van der Waals surface area contributed by atoms with E-state index in [0.29, 0.717) is 18.1 Å². The van der Waals surface area contributed by atoms with Crippen LogP contribution in [0.25, 0.3) is 21.2 Å². The molecule has 0 amide bonds. The molecule has 7 nitrogen and oxygen atoms in total. The van der Waals surface area contributed by atoms with E-state index in [4.69, 9.17) is 10.2 Å². The van der Waals surface area contributed by atoms with Gasteiger partial charge in [-0.3, -0.25) is 0 Å². The fourth-order valence-corrected chi connectivity index (χ4v) is 5.05. The number of hydrogen-bond acceptors (Lipinski definition) is 6. The van der Waals surface area contributed by atoms with Crippen LogP contribution in [-0.4, -0.2) is 50.6 Å². The lowest BCUT2D eigenvalue weighted by Gasteiger charge is -2.19. The summed E-state index contributed by atoms with van der Waals surface area (Å²) in [6, 6.07) is 16.1. The van der Waals surface area contributed by atoms with Crippen LogP contribution < -0.4 is 0 Å². The third kappa shape index (κ3) is 6.17. The lowest BCUT2D eigenvalue weighted by molar-refractivity contribution is -0.134. The van der Waals surface area contributed by atoms with Gasteiger partial charge in [0.1, 0.15) is 6.33 Å². The number of aromatic nitrogens is 2. The van der Waals surface area contributed by atoms with Crippen LogP contribution in [0.2, 0.25) is 0 Å². The molecule has 178 valence electrons. The van der Waals surface area contributed by atoms with Gasteiger partial charge in [-0.05, 0) is 77.3 Å². The number of thiophene rings is 1. The van der Waals surface area contributed by atoms with Crippen LogP contribution in [0.4, 0.5) is 0 Å². The number of benzene rings is 2. The third-order valence-electron chi connectivity index (χ3n) is 5.90. The van der Waals surface area contributed by atoms with Crippen LogP contribution in [-0.2, 0) is 16.1 Å². The topological polar surface area (TPSA) is 104 Å². The average Bonchev–Trinajstić information content (AvgIpc) is 3.26.